The SMILES string of the molecule is C#C[C@@H]1[C@@H](C(C)C)CC(=O)N1Cc1ccc(F)cc1. The third-order valence-electron chi connectivity index (χ3n) is 3.77. The number of carbonyl (C=O) groups excluding carboxylic acids is 1. The summed E-state index contributed by atoms with van der Waals surface area (Å²) in [6.45, 7) is 4.63. The van der Waals surface area contributed by atoms with Gasteiger partial charge < -0.3 is 4.90 Å². The van der Waals surface area contributed by atoms with Gasteiger partial charge in [-0.3, -0.25) is 4.79 Å². The highest BCUT2D eigenvalue weighted by Crippen LogP contribution is 2.32. The summed E-state index contributed by atoms with van der Waals surface area (Å²) in [4.78, 5) is 13.8. The lowest BCUT2D eigenvalue weighted by Gasteiger charge is -2.25. The molecule has 0 radical (unpaired) electrons. The number of halogens is 1. The Labute approximate surface area is 113 Å². The first-order chi connectivity index (χ1) is 9.02. The van der Waals surface area contributed by atoms with Crippen LogP contribution in [0.15, 0.2) is 24.3 Å². The number of amides is 1. The lowest BCUT2D eigenvalue weighted by atomic mass is 9.89. The van der Waals surface area contributed by atoms with E-state index in [-0.39, 0.29) is 23.7 Å². The van der Waals surface area contributed by atoms with Crippen LogP contribution in [-0.4, -0.2) is 16.8 Å². The maximum absolute atomic E-state index is 12.9. The van der Waals surface area contributed by atoms with Crippen molar-refractivity contribution in [3.8, 4) is 12.3 Å². The van der Waals surface area contributed by atoms with E-state index in [4.69, 9.17) is 6.42 Å². The summed E-state index contributed by atoms with van der Waals surface area (Å²) in [5.41, 5.74) is 0.902. The van der Waals surface area contributed by atoms with Crippen LogP contribution in [0.2, 0.25) is 0 Å². The molecule has 1 aliphatic rings. The predicted octanol–water partition coefficient (Wildman–Crippen LogP) is 2.83. The minimum absolute atomic E-state index is 0.0889. The van der Waals surface area contributed by atoms with Crippen molar-refractivity contribution in [2.45, 2.75) is 32.9 Å². The third-order valence-corrected chi connectivity index (χ3v) is 3.77. The molecule has 1 fully saturated rings. The second kappa shape index (κ2) is 5.44. The molecular weight excluding hydrogens is 241 g/mol. The Bertz CT molecular complexity index is 500. The largest absolute Gasteiger partial charge is 0.324 e. The molecular formula is C16H18FNO. The molecule has 19 heavy (non-hydrogen) atoms. The van der Waals surface area contributed by atoms with Gasteiger partial charge in [0, 0.05) is 18.9 Å². The van der Waals surface area contributed by atoms with Crippen molar-refractivity contribution in [1.82, 2.24) is 4.90 Å². The molecule has 1 aromatic rings. The topological polar surface area (TPSA) is 20.3 Å². The normalized spacial score (nSPS) is 22.9. The number of hydrogen-bond acceptors (Lipinski definition) is 1. The van der Waals surface area contributed by atoms with Gasteiger partial charge in [0.15, 0.2) is 0 Å². The van der Waals surface area contributed by atoms with E-state index in [0.29, 0.717) is 18.9 Å². The second-order valence-electron chi connectivity index (χ2n) is 5.37. The fourth-order valence-electron chi connectivity index (χ4n) is 2.60. The zero-order chi connectivity index (χ0) is 14.0. The first kappa shape index (κ1) is 13.6. The molecule has 0 spiro atoms. The minimum Gasteiger partial charge on any atom is -0.324 e. The number of terminal acetylenes is 1. The molecule has 3 heteroatoms. The van der Waals surface area contributed by atoms with Crippen LogP contribution in [0.1, 0.15) is 25.8 Å². The van der Waals surface area contributed by atoms with E-state index in [1.54, 1.807) is 17.0 Å². The highest BCUT2D eigenvalue weighted by molar-refractivity contribution is 5.80. The molecule has 1 amide bonds. The summed E-state index contributed by atoms with van der Waals surface area (Å²) in [6.07, 6.45) is 6.10. The average Bonchev–Trinajstić information content (AvgIpc) is 2.69. The minimum atomic E-state index is -0.273. The molecule has 1 aromatic carbocycles. The van der Waals surface area contributed by atoms with Crippen LogP contribution in [0.5, 0.6) is 0 Å². The maximum Gasteiger partial charge on any atom is 0.224 e. The van der Waals surface area contributed by atoms with Gasteiger partial charge in [-0.15, -0.1) is 6.42 Å². The van der Waals surface area contributed by atoms with Gasteiger partial charge in [-0.2, -0.15) is 0 Å². The molecule has 0 aromatic heterocycles. The Hall–Kier alpha value is -1.82. The van der Waals surface area contributed by atoms with Crippen LogP contribution in [-0.2, 0) is 11.3 Å². The Kier molecular flexibility index (Phi) is 3.90. The summed E-state index contributed by atoms with van der Waals surface area (Å²) in [7, 11) is 0. The smallest absolute Gasteiger partial charge is 0.224 e. The molecule has 0 bridgehead atoms. The standard InChI is InChI=1S/C16H18FNO/c1-4-15-14(11(2)3)9-16(19)18(15)10-12-5-7-13(17)8-6-12/h1,5-8,11,14-15H,9-10H2,2-3H3/t14-,15-/m1/s1. The van der Waals surface area contributed by atoms with Gasteiger partial charge >= 0.3 is 0 Å². The van der Waals surface area contributed by atoms with E-state index in [1.807, 2.05) is 0 Å². The predicted molar refractivity (Wildman–Crippen MR) is 72.5 cm³/mol. The fourth-order valence-corrected chi connectivity index (χ4v) is 2.60. The van der Waals surface area contributed by atoms with E-state index >= 15 is 0 Å². The molecule has 1 aliphatic heterocycles. The van der Waals surface area contributed by atoms with Gasteiger partial charge in [-0.05, 0) is 23.6 Å². The average molecular weight is 259 g/mol. The molecule has 0 aliphatic carbocycles. The third kappa shape index (κ3) is 2.78. The van der Waals surface area contributed by atoms with Crippen LogP contribution in [0.25, 0.3) is 0 Å². The lowest BCUT2D eigenvalue weighted by molar-refractivity contribution is -0.128. The molecule has 2 rings (SSSR count). The lowest BCUT2D eigenvalue weighted by Crippen LogP contribution is -2.34. The van der Waals surface area contributed by atoms with Crippen molar-refractivity contribution >= 4 is 5.91 Å². The van der Waals surface area contributed by atoms with E-state index < -0.39 is 0 Å². The monoisotopic (exact) mass is 259 g/mol. The van der Waals surface area contributed by atoms with Gasteiger partial charge in [-0.1, -0.05) is 31.9 Å². The van der Waals surface area contributed by atoms with Crippen molar-refractivity contribution in [2.75, 3.05) is 0 Å². The van der Waals surface area contributed by atoms with Crippen LogP contribution in [0.3, 0.4) is 0 Å². The van der Waals surface area contributed by atoms with Crippen molar-refractivity contribution in [2.24, 2.45) is 11.8 Å². The molecule has 2 nitrogen and oxygen atoms in total. The molecule has 1 saturated heterocycles. The molecule has 0 N–H and O–H groups in total. The first-order valence-corrected chi connectivity index (χ1v) is 6.53. The number of carbonyl (C=O) groups is 1. The Morgan fingerprint density at radius 1 is 1.42 bits per heavy atom. The van der Waals surface area contributed by atoms with Crippen molar-refractivity contribution in [3.05, 3.63) is 35.6 Å². The highest BCUT2D eigenvalue weighted by Gasteiger charge is 2.39. The molecule has 0 unspecified atom stereocenters. The number of benzene rings is 1. The quantitative estimate of drug-likeness (QED) is 0.764. The zero-order valence-electron chi connectivity index (χ0n) is 11.3. The molecule has 2 atom stereocenters. The second-order valence-corrected chi connectivity index (χ2v) is 5.37. The Morgan fingerprint density at radius 3 is 2.58 bits per heavy atom. The van der Waals surface area contributed by atoms with Crippen molar-refractivity contribution < 1.29 is 9.18 Å². The fraction of sp³-hybridized carbons (Fsp3) is 0.438. The van der Waals surface area contributed by atoms with Gasteiger partial charge in [0.25, 0.3) is 0 Å². The van der Waals surface area contributed by atoms with Crippen LogP contribution in [0.4, 0.5) is 4.39 Å². The van der Waals surface area contributed by atoms with E-state index in [0.717, 1.165) is 5.56 Å². The van der Waals surface area contributed by atoms with Gasteiger partial charge in [0.05, 0.1) is 6.04 Å². The van der Waals surface area contributed by atoms with Gasteiger partial charge in [0.2, 0.25) is 5.91 Å². The van der Waals surface area contributed by atoms with E-state index in [1.165, 1.54) is 12.1 Å². The van der Waals surface area contributed by atoms with E-state index in [2.05, 4.69) is 19.8 Å². The molecule has 0 saturated carbocycles. The number of hydrogen-bond donors (Lipinski definition) is 0. The zero-order valence-corrected chi connectivity index (χ0v) is 11.3. The summed E-state index contributed by atoms with van der Waals surface area (Å²) >= 11 is 0. The first-order valence-electron chi connectivity index (χ1n) is 6.53. The van der Waals surface area contributed by atoms with Gasteiger partial charge in [0.1, 0.15) is 5.82 Å². The molecule has 1 heterocycles. The highest BCUT2D eigenvalue weighted by atomic mass is 19.1. The summed E-state index contributed by atoms with van der Waals surface area (Å²) in [5, 5.41) is 0. The number of nitrogens with zero attached hydrogens (tertiary/aromatic N) is 1. The van der Waals surface area contributed by atoms with Crippen molar-refractivity contribution in [3.63, 3.8) is 0 Å². The summed E-state index contributed by atoms with van der Waals surface area (Å²) < 4.78 is 12.9. The van der Waals surface area contributed by atoms with Gasteiger partial charge in [-0.25, -0.2) is 4.39 Å². The van der Waals surface area contributed by atoms with Crippen LogP contribution >= 0.6 is 0 Å². The van der Waals surface area contributed by atoms with Crippen molar-refractivity contribution in [1.29, 1.82) is 0 Å². The number of likely N-dealkylation sites (tertiary alicyclic amines) is 1. The maximum atomic E-state index is 12.9. The number of rotatable bonds is 3. The molecule has 100 valence electrons. The van der Waals surface area contributed by atoms with Crippen LogP contribution in [0, 0.1) is 30.0 Å². The summed E-state index contributed by atoms with van der Waals surface area (Å²) in [5.74, 6) is 3.14. The Morgan fingerprint density at radius 2 is 2.05 bits per heavy atom. The van der Waals surface area contributed by atoms with Crippen LogP contribution < -0.4 is 0 Å². The van der Waals surface area contributed by atoms with E-state index in [9.17, 15) is 9.18 Å². The summed E-state index contributed by atoms with van der Waals surface area (Å²) in [6, 6.07) is 6.04. The Balaban J connectivity index is 2.17.